The lowest BCUT2D eigenvalue weighted by Crippen LogP contribution is -2.17. The highest BCUT2D eigenvalue weighted by Crippen LogP contribution is 2.58. The number of anilines is 6. The van der Waals surface area contributed by atoms with Crippen LogP contribution in [-0.4, -0.2) is 0 Å². The van der Waals surface area contributed by atoms with Crippen molar-refractivity contribution in [1.29, 1.82) is 0 Å². The largest absolute Gasteiger partial charge is 0.309 e. The zero-order valence-electron chi connectivity index (χ0n) is 39.8. The molecule has 0 amide bonds. The fourth-order valence-electron chi connectivity index (χ4n) is 12.4. The van der Waals surface area contributed by atoms with Gasteiger partial charge in [0.2, 0.25) is 0 Å². The molecule has 14 rings (SSSR count). The molecule has 70 heavy (non-hydrogen) atoms. The molecule has 0 heterocycles. The summed E-state index contributed by atoms with van der Waals surface area (Å²) in [5, 5.41) is 12.3. The predicted molar refractivity (Wildman–Crippen MR) is 298 cm³/mol. The SMILES string of the molecule is CC1(C)c2cc(N(c3cccc4ccccc34)c3cccc4ccccc34)ccc2-c2cc3c(cc21)-c1cc2ccc(N(c4cccc5ccccc45)c4cccc5ccccc45)cc2cc1C3(C)C. The lowest BCUT2D eigenvalue weighted by Gasteiger charge is -2.30. The molecule has 0 fully saturated rings. The fraction of sp³-hybridized carbons (Fsp3) is 0.0882. The van der Waals surface area contributed by atoms with Gasteiger partial charge in [-0.05, 0) is 150 Å². The Balaban J connectivity index is 0.895. The van der Waals surface area contributed by atoms with Gasteiger partial charge in [-0.2, -0.15) is 0 Å². The molecule has 0 saturated heterocycles. The monoisotopic (exact) mass is 894 g/mol. The molecule has 0 aliphatic heterocycles. The maximum absolute atomic E-state index is 2.55. The second kappa shape index (κ2) is 15.0. The van der Waals surface area contributed by atoms with Gasteiger partial charge in [-0.1, -0.05) is 185 Å². The molecule has 2 nitrogen and oxygen atoms in total. The summed E-state index contributed by atoms with van der Waals surface area (Å²) in [5.41, 5.74) is 17.4. The number of rotatable bonds is 6. The van der Waals surface area contributed by atoms with Crippen LogP contribution in [0.15, 0.2) is 231 Å². The minimum Gasteiger partial charge on any atom is -0.309 e. The van der Waals surface area contributed by atoms with Gasteiger partial charge in [0.15, 0.2) is 0 Å². The number of benzene rings is 12. The van der Waals surface area contributed by atoms with E-state index in [0.29, 0.717) is 0 Å². The Morgan fingerprint density at radius 3 is 1.04 bits per heavy atom. The van der Waals surface area contributed by atoms with Gasteiger partial charge in [-0.25, -0.2) is 0 Å². The van der Waals surface area contributed by atoms with E-state index in [1.807, 2.05) is 0 Å². The lowest BCUT2D eigenvalue weighted by atomic mass is 9.79. The average Bonchev–Trinajstić information content (AvgIpc) is 3.75. The van der Waals surface area contributed by atoms with Crippen molar-refractivity contribution < 1.29 is 0 Å². The van der Waals surface area contributed by atoms with Crippen LogP contribution >= 0.6 is 0 Å². The topological polar surface area (TPSA) is 6.48 Å². The van der Waals surface area contributed by atoms with Crippen molar-refractivity contribution in [3.63, 3.8) is 0 Å². The Hall–Kier alpha value is -8.46. The molecule has 0 spiro atoms. The summed E-state index contributed by atoms with van der Waals surface area (Å²) in [7, 11) is 0. The molecule has 0 atom stereocenters. The Bertz CT molecular complexity index is 3980. The van der Waals surface area contributed by atoms with E-state index >= 15 is 0 Å². The molecule has 12 aromatic rings. The van der Waals surface area contributed by atoms with Gasteiger partial charge in [-0.3, -0.25) is 0 Å². The maximum Gasteiger partial charge on any atom is 0.0540 e. The van der Waals surface area contributed by atoms with Gasteiger partial charge >= 0.3 is 0 Å². The van der Waals surface area contributed by atoms with Crippen molar-refractivity contribution >= 4 is 88.0 Å². The number of hydrogen-bond acceptors (Lipinski definition) is 2. The van der Waals surface area contributed by atoms with E-state index < -0.39 is 0 Å². The first kappa shape index (κ1) is 40.6. The molecular formula is C68H50N2. The minimum atomic E-state index is -0.232. The van der Waals surface area contributed by atoms with Gasteiger partial charge in [0.25, 0.3) is 0 Å². The number of hydrogen-bond donors (Lipinski definition) is 0. The second-order valence-electron chi connectivity index (χ2n) is 20.5. The van der Waals surface area contributed by atoms with Crippen LogP contribution in [0.25, 0.3) is 76.1 Å². The highest BCUT2D eigenvalue weighted by atomic mass is 15.2. The normalized spacial score (nSPS) is 13.9. The van der Waals surface area contributed by atoms with Crippen molar-refractivity contribution in [2.24, 2.45) is 0 Å². The Morgan fingerprint density at radius 1 is 0.243 bits per heavy atom. The lowest BCUT2D eigenvalue weighted by molar-refractivity contribution is 0.652. The molecule has 0 aromatic heterocycles. The van der Waals surface area contributed by atoms with E-state index in [2.05, 4.69) is 268 Å². The smallest absolute Gasteiger partial charge is 0.0540 e. The predicted octanol–water partition coefficient (Wildman–Crippen LogP) is 19.0. The van der Waals surface area contributed by atoms with Crippen molar-refractivity contribution in [1.82, 2.24) is 0 Å². The Kier molecular flexibility index (Phi) is 8.71. The molecule has 0 bridgehead atoms. The molecule has 12 aromatic carbocycles. The summed E-state index contributed by atoms with van der Waals surface area (Å²) in [6.07, 6.45) is 0. The number of nitrogens with zero attached hydrogens (tertiary/aromatic N) is 2. The van der Waals surface area contributed by atoms with Gasteiger partial charge in [0, 0.05) is 43.7 Å². The van der Waals surface area contributed by atoms with E-state index in [4.69, 9.17) is 0 Å². The summed E-state index contributed by atoms with van der Waals surface area (Å²) < 4.78 is 0. The third-order valence-corrected chi connectivity index (χ3v) is 15.9. The maximum atomic E-state index is 2.55. The van der Waals surface area contributed by atoms with Crippen molar-refractivity contribution in [2.75, 3.05) is 9.80 Å². The van der Waals surface area contributed by atoms with Crippen LogP contribution in [0.2, 0.25) is 0 Å². The molecule has 2 aliphatic rings. The Labute approximate surface area is 409 Å². The standard InChI is InChI=1S/C68H50N2/c1-67(2)59-39-48-37-49(69(63-29-13-21-43-17-5-9-25-51(43)63)64-30-14-22-44-18-6-10-26-52(44)64)34-33-47(48)38-56(59)58-42-61-57(41-62(58)67)55-36-35-50(40-60(55)68(61,3)4)70(65-31-15-23-45-19-7-11-27-53(45)65)66-32-16-24-46-20-8-12-28-54(46)66/h5-42H,1-4H3. The van der Waals surface area contributed by atoms with Crippen molar-refractivity contribution in [3.8, 4) is 22.3 Å². The molecule has 332 valence electrons. The summed E-state index contributed by atoms with van der Waals surface area (Å²) in [5.74, 6) is 0. The van der Waals surface area contributed by atoms with E-state index in [9.17, 15) is 0 Å². The first-order valence-corrected chi connectivity index (χ1v) is 24.7. The third kappa shape index (κ3) is 5.93. The molecule has 0 saturated carbocycles. The minimum absolute atomic E-state index is 0.207. The molecular weight excluding hydrogens is 845 g/mol. The van der Waals surface area contributed by atoms with E-state index in [-0.39, 0.29) is 10.8 Å². The van der Waals surface area contributed by atoms with Crippen LogP contribution in [0.3, 0.4) is 0 Å². The molecule has 0 radical (unpaired) electrons. The second-order valence-corrected chi connectivity index (χ2v) is 20.5. The van der Waals surface area contributed by atoms with E-state index in [1.54, 1.807) is 0 Å². The quantitative estimate of drug-likeness (QED) is 0.164. The van der Waals surface area contributed by atoms with Crippen molar-refractivity contribution in [2.45, 2.75) is 38.5 Å². The number of fused-ring (bicyclic) bond motifs is 11. The average molecular weight is 895 g/mol. The van der Waals surface area contributed by atoms with Crippen LogP contribution in [0.1, 0.15) is 49.9 Å². The summed E-state index contributed by atoms with van der Waals surface area (Å²) in [6.45, 7) is 9.70. The van der Waals surface area contributed by atoms with Crippen LogP contribution < -0.4 is 9.80 Å². The molecule has 0 unspecified atom stereocenters. The zero-order chi connectivity index (χ0) is 46.9. The van der Waals surface area contributed by atoms with Crippen molar-refractivity contribution in [3.05, 3.63) is 253 Å². The highest BCUT2D eigenvalue weighted by molar-refractivity contribution is 6.08. The highest BCUT2D eigenvalue weighted by Gasteiger charge is 2.42. The van der Waals surface area contributed by atoms with Gasteiger partial charge < -0.3 is 9.80 Å². The van der Waals surface area contributed by atoms with Crippen LogP contribution in [0.5, 0.6) is 0 Å². The molecule has 2 heteroatoms. The summed E-state index contributed by atoms with van der Waals surface area (Å²) in [6, 6.07) is 86.1. The zero-order valence-corrected chi connectivity index (χ0v) is 39.8. The van der Waals surface area contributed by atoms with Gasteiger partial charge in [-0.15, -0.1) is 0 Å². The Morgan fingerprint density at radius 2 is 0.586 bits per heavy atom. The van der Waals surface area contributed by atoms with Crippen LogP contribution in [0, 0.1) is 0 Å². The third-order valence-electron chi connectivity index (χ3n) is 15.9. The fourth-order valence-corrected chi connectivity index (χ4v) is 12.4. The first-order chi connectivity index (χ1) is 34.2. The first-order valence-electron chi connectivity index (χ1n) is 24.7. The summed E-state index contributed by atoms with van der Waals surface area (Å²) in [4.78, 5) is 4.96. The van der Waals surface area contributed by atoms with Gasteiger partial charge in [0.05, 0.1) is 22.7 Å². The van der Waals surface area contributed by atoms with Crippen LogP contribution in [-0.2, 0) is 10.8 Å². The van der Waals surface area contributed by atoms with Gasteiger partial charge in [0.1, 0.15) is 0 Å². The van der Waals surface area contributed by atoms with Crippen LogP contribution in [0.4, 0.5) is 34.1 Å². The molecule has 2 aliphatic carbocycles. The molecule has 0 N–H and O–H groups in total. The van der Waals surface area contributed by atoms with E-state index in [0.717, 1.165) is 11.4 Å². The van der Waals surface area contributed by atoms with E-state index in [1.165, 1.54) is 121 Å². The summed E-state index contributed by atoms with van der Waals surface area (Å²) >= 11 is 0.